The monoisotopic (exact) mass is 183 g/mol. The number of rotatable bonds is 3. The Bertz CT molecular complexity index is 240. The van der Waals surface area contributed by atoms with E-state index < -0.39 is 0 Å². The van der Waals surface area contributed by atoms with E-state index in [0.29, 0.717) is 11.8 Å². The lowest BCUT2D eigenvalue weighted by Gasteiger charge is -2.02. The van der Waals surface area contributed by atoms with Crippen LogP contribution in [0.4, 0.5) is 0 Å². The highest BCUT2D eigenvalue weighted by Gasteiger charge is 2.09. The van der Waals surface area contributed by atoms with Gasteiger partial charge in [0.2, 0.25) is 0 Å². The standard InChI is InChI=1S/C10H17NS/c1-5-8(4)10-11-9(6-12-10)7(2)3/h6-8H,5H2,1-4H3. The van der Waals surface area contributed by atoms with Gasteiger partial charge < -0.3 is 0 Å². The van der Waals surface area contributed by atoms with Crippen LogP contribution in [-0.4, -0.2) is 4.98 Å². The number of nitrogens with zero attached hydrogens (tertiary/aromatic N) is 1. The molecule has 1 heterocycles. The molecule has 0 aromatic carbocycles. The maximum atomic E-state index is 4.60. The first kappa shape index (κ1) is 9.72. The van der Waals surface area contributed by atoms with Gasteiger partial charge in [-0.15, -0.1) is 11.3 Å². The molecule has 2 heteroatoms. The van der Waals surface area contributed by atoms with E-state index in [0.717, 1.165) is 0 Å². The van der Waals surface area contributed by atoms with Crippen molar-refractivity contribution < 1.29 is 0 Å². The minimum atomic E-state index is 0.569. The maximum Gasteiger partial charge on any atom is 0.0956 e. The molecule has 0 saturated heterocycles. The summed E-state index contributed by atoms with van der Waals surface area (Å²) in [6, 6.07) is 0. The van der Waals surface area contributed by atoms with Crippen molar-refractivity contribution in [3.05, 3.63) is 16.1 Å². The molecule has 0 radical (unpaired) electrons. The molecule has 0 fully saturated rings. The van der Waals surface area contributed by atoms with Crippen molar-refractivity contribution in [1.82, 2.24) is 4.98 Å². The van der Waals surface area contributed by atoms with Crippen LogP contribution in [0, 0.1) is 0 Å². The fourth-order valence-corrected chi connectivity index (χ4v) is 2.09. The molecule has 0 spiro atoms. The summed E-state index contributed by atoms with van der Waals surface area (Å²) in [5, 5.41) is 3.48. The van der Waals surface area contributed by atoms with Gasteiger partial charge >= 0.3 is 0 Å². The molecule has 12 heavy (non-hydrogen) atoms. The zero-order valence-corrected chi connectivity index (χ0v) is 9.11. The molecule has 1 aromatic heterocycles. The van der Waals surface area contributed by atoms with E-state index in [1.54, 1.807) is 11.3 Å². The van der Waals surface area contributed by atoms with E-state index in [2.05, 4.69) is 38.1 Å². The fraction of sp³-hybridized carbons (Fsp3) is 0.700. The van der Waals surface area contributed by atoms with Gasteiger partial charge in [0, 0.05) is 11.3 Å². The van der Waals surface area contributed by atoms with Gasteiger partial charge in [0.1, 0.15) is 0 Å². The molecular formula is C10H17NS. The summed E-state index contributed by atoms with van der Waals surface area (Å²) < 4.78 is 0. The average Bonchev–Trinajstić information content (AvgIpc) is 2.51. The number of aromatic nitrogens is 1. The molecular weight excluding hydrogens is 166 g/mol. The summed E-state index contributed by atoms with van der Waals surface area (Å²) in [5.74, 6) is 1.20. The van der Waals surface area contributed by atoms with Crippen molar-refractivity contribution in [3.8, 4) is 0 Å². The topological polar surface area (TPSA) is 12.9 Å². The SMILES string of the molecule is CCC(C)c1nc(C(C)C)cs1. The lowest BCUT2D eigenvalue weighted by atomic mass is 10.1. The first-order valence-corrected chi connectivity index (χ1v) is 5.48. The number of thiazole rings is 1. The lowest BCUT2D eigenvalue weighted by Crippen LogP contribution is -1.92. The fourth-order valence-electron chi connectivity index (χ4n) is 0.967. The molecule has 0 bridgehead atoms. The Morgan fingerprint density at radius 3 is 2.50 bits per heavy atom. The first-order chi connectivity index (χ1) is 5.65. The van der Waals surface area contributed by atoms with Crippen LogP contribution in [0.15, 0.2) is 5.38 Å². The third-order valence-electron chi connectivity index (χ3n) is 2.17. The summed E-state index contributed by atoms with van der Waals surface area (Å²) in [5.41, 5.74) is 1.25. The van der Waals surface area contributed by atoms with Gasteiger partial charge in [0.25, 0.3) is 0 Å². The van der Waals surface area contributed by atoms with Gasteiger partial charge in [0.05, 0.1) is 10.7 Å². The Labute approximate surface area is 78.8 Å². The molecule has 1 aromatic rings. The van der Waals surface area contributed by atoms with Gasteiger partial charge in [-0.25, -0.2) is 4.98 Å². The second-order valence-corrected chi connectivity index (χ2v) is 4.46. The van der Waals surface area contributed by atoms with Gasteiger partial charge in [0.15, 0.2) is 0 Å². The molecule has 0 saturated carbocycles. The third kappa shape index (κ3) is 2.07. The minimum Gasteiger partial charge on any atom is -0.246 e. The molecule has 1 unspecified atom stereocenters. The average molecular weight is 183 g/mol. The predicted octanol–water partition coefficient (Wildman–Crippen LogP) is 3.78. The third-order valence-corrected chi connectivity index (χ3v) is 3.26. The van der Waals surface area contributed by atoms with E-state index >= 15 is 0 Å². The van der Waals surface area contributed by atoms with Crippen molar-refractivity contribution in [2.45, 2.75) is 46.0 Å². The molecule has 1 rings (SSSR count). The van der Waals surface area contributed by atoms with Gasteiger partial charge in [-0.05, 0) is 12.3 Å². The van der Waals surface area contributed by atoms with Crippen molar-refractivity contribution in [2.75, 3.05) is 0 Å². The lowest BCUT2D eigenvalue weighted by molar-refractivity contribution is 0.714. The van der Waals surface area contributed by atoms with Crippen LogP contribution in [0.1, 0.15) is 56.7 Å². The van der Waals surface area contributed by atoms with E-state index in [1.165, 1.54) is 17.1 Å². The van der Waals surface area contributed by atoms with Crippen LogP contribution in [0.2, 0.25) is 0 Å². The van der Waals surface area contributed by atoms with Crippen LogP contribution < -0.4 is 0 Å². The zero-order chi connectivity index (χ0) is 9.14. The summed E-state index contributed by atoms with van der Waals surface area (Å²) in [6.07, 6.45) is 1.19. The van der Waals surface area contributed by atoms with Crippen LogP contribution in [0.5, 0.6) is 0 Å². The quantitative estimate of drug-likeness (QED) is 0.695. The molecule has 0 aliphatic heterocycles. The van der Waals surface area contributed by atoms with Crippen LogP contribution in [0.25, 0.3) is 0 Å². The van der Waals surface area contributed by atoms with Gasteiger partial charge in [-0.3, -0.25) is 0 Å². The normalized spacial score (nSPS) is 13.8. The maximum absolute atomic E-state index is 4.60. The summed E-state index contributed by atoms with van der Waals surface area (Å²) in [4.78, 5) is 4.60. The Balaban J connectivity index is 2.77. The predicted molar refractivity (Wildman–Crippen MR) is 54.9 cm³/mol. The smallest absolute Gasteiger partial charge is 0.0956 e. The van der Waals surface area contributed by atoms with E-state index in [9.17, 15) is 0 Å². The molecule has 0 N–H and O–H groups in total. The summed E-state index contributed by atoms with van der Waals surface area (Å²) in [7, 11) is 0. The second-order valence-electron chi connectivity index (χ2n) is 3.57. The highest BCUT2D eigenvalue weighted by atomic mass is 32.1. The molecule has 68 valence electrons. The summed E-state index contributed by atoms with van der Waals surface area (Å²) >= 11 is 1.80. The second kappa shape index (κ2) is 4.04. The first-order valence-electron chi connectivity index (χ1n) is 4.60. The molecule has 0 aliphatic rings. The van der Waals surface area contributed by atoms with Crippen molar-refractivity contribution in [1.29, 1.82) is 0 Å². The van der Waals surface area contributed by atoms with Gasteiger partial charge in [-0.1, -0.05) is 27.7 Å². The van der Waals surface area contributed by atoms with Crippen LogP contribution in [0.3, 0.4) is 0 Å². The Morgan fingerprint density at radius 1 is 1.42 bits per heavy atom. The molecule has 0 aliphatic carbocycles. The molecule has 0 amide bonds. The largest absolute Gasteiger partial charge is 0.246 e. The molecule has 1 atom stereocenters. The Hall–Kier alpha value is -0.370. The zero-order valence-electron chi connectivity index (χ0n) is 8.29. The van der Waals surface area contributed by atoms with Crippen molar-refractivity contribution in [3.63, 3.8) is 0 Å². The van der Waals surface area contributed by atoms with Crippen molar-refractivity contribution in [2.24, 2.45) is 0 Å². The number of hydrogen-bond acceptors (Lipinski definition) is 2. The van der Waals surface area contributed by atoms with Gasteiger partial charge in [-0.2, -0.15) is 0 Å². The summed E-state index contributed by atoms with van der Waals surface area (Å²) in [6.45, 7) is 8.83. The van der Waals surface area contributed by atoms with E-state index in [4.69, 9.17) is 0 Å². The Kier molecular flexibility index (Phi) is 3.27. The van der Waals surface area contributed by atoms with E-state index in [1.807, 2.05) is 0 Å². The minimum absolute atomic E-state index is 0.569. The highest BCUT2D eigenvalue weighted by Crippen LogP contribution is 2.25. The van der Waals surface area contributed by atoms with Crippen LogP contribution >= 0.6 is 11.3 Å². The highest BCUT2D eigenvalue weighted by molar-refractivity contribution is 7.09. The molecule has 1 nitrogen and oxygen atoms in total. The Morgan fingerprint density at radius 2 is 2.08 bits per heavy atom. The van der Waals surface area contributed by atoms with Crippen LogP contribution in [-0.2, 0) is 0 Å². The number of hydrogen-bond donors (Lipinski definition) is 0. The van der Waals surface area contributed by atoms with E-state index in [-0.39, 0.29) is 0 Å². The van der Waals surface area contributed by atoms with Crippen molar-refractivity contribution >= 4 is 11.3 Å².